The molecule has 1 aromatic carbocycles. The molecule has 1 saturated heterocycles. The van der Waals surface area contributed by atoms with Gasteiger partial charge in [-0.05, 0) is 59.3 Å². The molecule has 0 saturated carbocycles. The molecule has 1 unspecified atom stereocenters. The summed E-state index contributed by atoms with van der Waals surface area (Å²) < 4.78 is 6.44. The minimum absolute atomic E-state index is 0.0120. The molecular weight excluding hydrogens is 322 g/mol. The van der Waals surface area contributed by atoms with Crippen LogP contribution >= 0.6 is 15.9 Å². The van der Waals surface area contributed by atoms with Gasteiger partial charge in [0, 0.05) is 19.7 Å². The summed E-state index contributed by atoms with van der Waals surface area (Å²) in [5, 5.41) is 8.92. The Morgan fingerprint density at radius 2 is 2.35 bits per heavy atom. The summed E-state index contributed by atoms with van der Waals surface area (Å²) in [7, 11) is 0. The van der Waals surface area contributed by atoms with E-state index in [9.17, 15) is 4.79 Å². The molecule has 1 N–H and O–H groups in total. The van der Waals surface area contributed by atoms with Crippen LogP contribution in [0.15, 0.2) is 22.7 Å². The molecule has 5 heteroatoms. The molecule has 0 radical (unpaired) electrons. The Morgan fingerprint density at radius 3 is 3.05 bits per heavy atom. The number of carbonyl (C=O) groups is 1. The van der Waals surface area contributed by atoms with Gasteiger partial charge in [-0.3, -0.25) is 4.79 Å². The van der Waals surface area contributed by atoms with Gasteiger partial charge in [-0.1, -0.05) is 6.07 Å². The van der Waals surface area contributed by atoms with Crippen LogP contribution in [0, 0.1) is 12.8 Å². The van der Waals surface area contributed by atoms with Crippen molar-refractivity contribution in [1.29, 1.82) is 0 Å². The average Bonchev–Trinajstić information content (AvgIpc) is 2.86. The van der Waals surface area contributed by atoms with Crippen LogP contribution in [-0.2, 0) is 4.79 Å². The van der Waals surface area contributed by atoms with Gasteiger partial charge in [-0.25, -0.2) is 0 Å². The molecule has 1 fully saturated rings. The summed E-state index contributed by atoms with van der Waals surface area (Å²) in [5.41, 5.74) is 1.14. The second-order valence-corrected chi connectivity index (χ2v) is 6.08. The monoisotopic (exact) mass is 341 g/mol. The number of aryl methyl sites for hydroxylation is 1. The zero-order valence-electron chi connectivity index (χ0n) is 11.6. The smallest absolute Gasteiger partial charge is 0.260 e. The van der Waals surface area contributed by atoms with E-state index in [2.05, 4.69) is 15.9 Å². The van der Waals surface area contributed by atoms with Crippen LogP contribution in [0.1, 0.15) is 18.4 Å². The van der Waals surface area contributed by atoms with Crippen LogP contribution in [0.5, 0.6) is 5.75 Å². The number of amides is 1. The van der Waals surface area contributed by atoms with E-state index in [1.807, 2.05) is 30.0 Å². The maximum atomic E-state index is 12.1. The van der Waals surface area contributed by atoms with Gasteiger partial charge in [-0.15, -0.1) is 0 Å². The third-order valence-electron chi connectivity index (χ3n) is 3.61. The van der Waals surface area contributed by atoms with E-state index in [-0.39, 0.29) is 19.1 Å². The van der Waals surface area contributed by atoms with Crippen LogP contribution in [0.2, 0.25) is 0 Å². The minimum atomic E-state index is 0.0120. The molecule has 1 aliphatic rings. The Bertz CT molecular complexity index is 478. The maximum absolute atomic E-state index is 12.1. The van der Waals surface area contributed by atoms with Gasteiger partial charge in [0.05, 0.1) is 4.47 Å². The van der Waals surface area contributed by atoms with E-state index in [0.29, 0.717) is 11.7 Å². The van der Waals surface area contributed by atoms with E-state index < -0.39 is 0 Å². The molecule has 1 atom stereocenters. The van der Waals surface area contributed by atoms with E-state index >= 15 is 0 Å². The molecule has 1 heterocycles. The number of nitrogens with zero attached hydrogens (tertiary/aromatic N) is 1. The lowest BCUT2D eigenvalue weighted by Gasteiger charge is -2.17. The van der Waals surface area contributed by atoms with Gasteiger partial charge in [-0.2, -0.15) is 0 Å². The summed E-state index contributed by atoms with van der Waals surface area (Å²) in [6, 6.07) is 5.79. The molecule has 0 bridgehead atoms. The van der Waals surface area contributed by atoms with Crippen molar-refractivity contribution in [2.75, 3.05) is 26.3 Å². The standard InChI is InChI=1S/C15H20BrNO3/c1-11-2-3-14(13(16)8-11)20-10-15(19)17-6-4-12(9-17)5-7-18/h2-3,8,12,18H,4-7,9-10H2,1H3. The summed E-state index contributed by atoms with van der Waals surface area (Å²) in [6.07, 6.45) is 1.74. The van der Waals surface area contributed by atoms with Crippen molar-refractivity contribution in [2.45, 2.75) is 19.8 Å². The molecule has 0 aliphatic carbocycles. The predicted molar refractivity (Wildman–Crippen MR) is 80.8 cm³/mol. The van der Waals surface area contributed by atoms with Gasteiger partial charge in [0.1, 0.15) is 5.75 Å². The second-order valence-electron chi connectivity index (χ2n) is 5.23. The van der Waals surface area contributed by atoms with Gasteiger partial charge in [0.2, 0.25) is 0 Å². The molecule has 110 valence electrons. The quantitative estimate of drug-likeness (QED) is 0.894. The number of hydrogen-bond donors (Lipinski definition) is 1. The van der Waals surface area contributed by atoms with Crippen LogP contribution in [0.4, 0.5) is 0 Å². The Kier molecular flexibility index (Phi) is 5.43. The summed E-state index contributed by atoms with van der Waals surface area (Å²) in [6.45, 7) is 3.76. The minimum Gasteiger partial charge on any atom is -0.483 e. The fourth-order valence-electron chi connectivity index (χ4n) is 2.43. The zero-order chi connectivity index (χ0) is 14.5. The first-order chi connectivity index (χ1) is 9.60. The first-order valence-electron chi connectivity index (χ1n) is 6.87. The third kappa shape index (κ3) is 3.96. The molecule has 1 aliphatic heterocycles. The molecule has 1 aromatic rings. The van der Waals surface area contributed by atoms with Gasteiger partial charge in [0.25, 0.3) is 5.91 Å². The highest BCUT2D eigenvalue weighted by atomic mass is 79.9. The third-order valence-corrected chi connectivity index (χ3v) is 4.23. The van der Waals surface area contributed by atoms with Crippen molar-refractivity contribution in [3.8, 4) is 5.75 Å². The van der Waals surface area contributed by atoms with E-state index in [0.717, 1.165) is 36.0 Å². The molecule has 1 amide bonds. The number of benzene rings is 1. The number of rotatable bonds is 5. The van der Waals surface area contributed by atoms with Gasteiger partial charge < -0.3 is 14.7 Å². The summed E-state index contributed by atoms with van der Waals surface area (Å²) in [5.74, 6) is 1.13. The number of hydrogen-bond acceptors (Lipinski definition) is 3. The van der Waals surface area contributed by atoms with Crippen molar-refractivity contribution in [3.63, 3.8) is 0 Å². The lowest BCUT2D eigenvalue weighted by Crippen LogP contribution is -2.33. The fraction of sp³-hybridized carbons (Fsp3) is 0.533. The molecule has 2 rings (SSSR count). The number of halogens is 1. The predicted octanol–water partition coefficient (Wildman–Crippen LogP) is 2.37. The van der Waals surface area contributed by atoms with Crippen molar-refractivity contribution in [3.05, 3.63) is 28.2 Å². The Balaban J connectivity index is 1.83. The van der Waals surface area contributed by atoms with Crippen molar-refractivity contribution < 1.29 is 14.6 Å². The maximum Gasteiger partial charge on any atom is 0.260 e. The Morgan fingerprint density at radius 1 is 1.55 bits per heavy atom. The van der Waals surface area contributed by atoms with Crippen LogP contribution in [0.3, 0.4) is 0 Å². The van der Waals surface area contributed by atoms with Crippen LogP contribution < -0.4 is 4.74 Å². The highest BCUT2D eigenvalue weighted by Gasteiger charge is 2.25. The highest BCUT2D eigenvalue weighted by Crippen LogP contribution is 2.26. The number of carbonyl (C=O) groups excluding carboxylic acids is 1. The van der Waals surface area contributed by atoms with E-state index in [1.165, 1.54) is 0 Å². The number of likely N-dealkylation sites (tertiary alicyclic amines) is 1. The normalized spacial score (nSPS) is 18.4. The highest BCUT2D eigenvalue weighted by molar-refractivity contribution is 9.10. The topological polar surface area (TPSA) is 49.8 Å². The second kappa shape index (κ2) is 7.09. The number of aliphatic hydroxyl groups is 1. The van der Waals surface area contributed by atoms with Crippen LogP contribution in [0.25, 0.3) is 0 Å². The van der Waals surface area contributed by atoms with Crippen LogP contribution in [-0.4, -0.2) is 42.2 Å². The van der Waals surface area contributed by atoms with E-state index in [1.54, 1.807) is 0 Å². The Hall–Kier alpha value is -1.07. The van der Waals surface area contributed by atoms with Crippen molar-refractivity contribution in [2.24, 2.45) is 5.92 Å². The van der Waals surface area contributed by atoms with Gasteiger partial charge >= 0.3 is 0 Å². The zero-order valence-corrected chi connectivity index (χ0v) is 13.2. The first-order valence-corrected chi connectivity index (χ1v) is 7.67. The lowest BCUT2D eigenvalue weighted by atomic mass is 10.1. The molecule has 0 aromatic heterocycles. The number of ether oxygens (including phenoxy) is 1. The SMILES string of the molecule is Cc1ccc(OCC(=O)N2CCC(CCO)C2)c(Br)c1. The molecule has 20 heavy (non-hydrogen) atoms. The van der Waals surface area contributed by atoms with Crippen molar-refractivity contribution in [1.82, 2.24) is 4.90 Å². The molecule has 0 spiro atoms. The summed E-state index contributed by atoms with van der Waals surface area (Å²) in [4.78, 5) is 13.9. The lowest BCUT2D eigenvalue weighted by molar-refractivity contribution is -0.132. The van der Waals surface area contributed by atoms with Gasteiger partial charge in [0.15, 0.2) is 6.61 Å². The Labute approximate surface area is 127 Å². The van der Waals surface area contributed by atoms with E-state index in [4.69, 9.17) is 9.84 Å². The largest absolute Gasteiger partial charge is 0.483 e. The fourth-order valence-corrected chi connectivity index (χ4v) is 3.04. The van der Waals surface area contributed by atoms with Crippen molar-refractivity contribution >= 4 is 21.8 Å². The number of aliphatic hydroxyl groups excluding tert-OH is 1. The average molecular weight is 342 g/mol. The summed E-state index contributed by atoms with van der Waals surface area (Å²) >= 11 is 3.43. The first kappa shape index (κ1) is 15.3. The molecular formula is C15H20BrNO3. The molecule has 4 nitrogen and oxygen atoms in total.